The SMILES string of the molecule is COC(=O)c1cccc(NC(=O)COc2cc(Cl)ccc2Cl)c1C. The summed E-state index contributed by atoms with van der Waals surface area (Å²) in [5, 5.41) is 3.50. The van der Waals surface area contributed by atoms with E-state index in [2.05, 4.69) is 5.32 Å². The number of rotatable bonds is 5. The molecule has 24 heavy (non-hydrogen) atoms. The van der Waals surface area contributed by atoms with Crippen LogP contribution in [-0.2, 0) is 9.53 Å². The molecule has 0 aromatic heterocycles. The average Bonchev–Trinajstić information content (AvgIpc) is 2.57. The van der Waals surface area contributed by atoms with Crippen molar-refractivity contribution in [2.75, 3.05) is 19.0 Å². The Morgan fingerprint density at radius 3 is 2.62 bits per heavy atom. The Morgan fingerprint density at radius 2 is 1.92 bits per heavy atom. The highest BCUT2D eigenvalue weighted by molar-refractivity contribution is 6.34. The monoisotopic (exact) mass is 367 g/mol. The third-order valence-electron chi connectivity index (χ3n) is 3.27. The molecule has 2 aromatic carbocycles. The predicted molar refractivity (Wildman–Crippen MR) is 93.1 cm³/mol. The normalized spacial score (nSPS) is 10.2. The van der Waals surface area contributed by atoms with Gasteiger partial charge in [-0.3, -0.25) is 4.79 Å². The topological polar surface area (TPSA) is 64.6 Å². The minimum Gasteiger partial charge on any atom is -0.482 e. The van der Waals surface area contributed by atoms with Crippen LogP contribution >= 0.6 is 23.2 Å². The number of amides is 1. The molecule has 0 saturated carbocycles. The number of ether oxygens (including phenoxy) is 2. The molecule has 0 unspecified atom stereocenters. The van der Waals surface area contributed by atoms with E-state index < -0.39 is 11.9 Å². The summed E-state index contributed by atoms with van der Waals surface area (Å²) < 4.78 is 10.1. The lowest BCUT2D eigenvalue weighted by Gasteiger charge is -2.12. The second kappa shape index (κ2) is 8.04. The van der Waals surface area contributed by atoms with Crippen LogP contribution in [0.25, 0.3) is 0 Å². The maximum atomic E-state index is 12.1. The number of halogens is 2. The maximum absolute atomic E-state index is 12.1. The van der Waals surface area contributed by atoms with Gasteiger partial charge in [-0.15, -0.1) is 0 Å². The summed E-state index contributed by atoms with van der Waals surface area (Å²) in [5.41, 5.74) is 1.50. The first-order valence-corrected chi connectivity index (χ1v) is 7.73. The fourth-order valence-corrected chi connectivity index (χ4v) is 2.35. The number of hydrogen-bond donors (Lipinski definition) is 1. The van der Waals surface area contributed by atoms with Crippen molar-refractivity contribution in [2.45, 2.75) is 6.92 Å². The van der Waals surface area contributed by atoms with Crippen LogP contribution in [0.1, 0.15) is 15.9 Å². The van der Waals surface area contributed by atoms with Crippen molar-refractivity contribution >= 4 is 40.8 Å². The van der Waals surface area contributed by atoms with E-state index in [1.54, 1.807) is 37.3 Å². The lowest BCUT2D eigenvalue weighted by atomic mass is 10.1. The van der Waals surface area contributed by atoms with Gasteiger partial charge < -0.3 is 14.8 Å². The summed E-state index contributed by atoms with van der Waals surface area (Å²) in [5.74, 6) is -0.541. The van der Waals surface area contributed by atoms with E-state index in [9.17, 15) is 9.59 Å². The van der Waals surface area contributed by atoms with Gasteiger partial charge in [0.1, 0.15) is 5.75 Å². The van der Waals surface area contributed by atoms with E-state index in [1.807, 2.05) is 0 Å². The van der Waals surface area contributed by atoms with E-state index in [-0.39, 0.29) is 6.61 Å². The third kappa shape index (κ3) is 4.40. The molecule has 0 aliphatic rings. The van der Waals surface area contributed by atoms with Crippen molar-refractivity contribution < 1.29 is 19.1 Å². The standard InChI is InChI=1S/C17H15Cl2NO4/c1-10-12(17(22)23-2)4-3-5-14(10)20-16(21)9-24-15-8-11(18)6-7-13(15)19/h3-8H,9H2,1-2H3,(H,20,21). The van der Waals surface area contributed by atoms with Crippen LogP contribution in [0.4, 0.5) is 5.69 Å². The summed E-state index contributed by atoms with van der Waals surface area (Å²) in [6.07, 6.45) is 0. The van der Waals surface area contributed by atoms with Crippen LogP contribution in [0.15, 0.2) is 36.4 Å². The van der Waals surface area contributed by atoms with Crippen molar-refractivity contribution in [3.05, 3.63) is 57.6 Å². The molecule has 0 spiro atoms. The van der Waals surface area contributed by atoms with Gasteiger partial charge in [0.2, 0.25) is 0 Å². The minimum absolute atomic E-state index is 0.248. The molecule has 1 amide bonds. The molecule has 1 N–H and O–H groups in total. The van der Waals surface area contributed by atoms with Gasteiger partial charge in [-0.2, -0.15) is 0 Å². The summed E-state index contributed by atoms with van der Waals surface area (Å²) >= 11 is 11.8. The lowest BCUT2D eigenvalue weighted by molar-refractivity contribution is -0.118. The van der Waals surface area contributed by atoms with Gasteiger partial charge >= 0.3 is 5.97 Å². The van der Waals surface area contributed by atoms with Crippen molar-refractivity contribution in [1.82, 2.24) is 0 Å². The Morgan fingerprint density at radius 1 is 1.17 bits per heavy atom. The van der Waals surface area contributed by atoms with E-state index in [1.165, 1.54) is 13.2 Å². The number of anilines is 1. The number of hydrogen-bond acceptors (Lipinski definition) is 4. The number of carbonyl (C=O) groups excluding carboxylic acids is 2. The number of methoxy groups -OCH3 is 1. The van der Waals surface area contributed by atoms with E-state index in [0.29, 0.717) is 32.6 Å². The molecule has 0 atom stereocenters. The van der Waals surface area contributed by atoms with Gasteiger partial charge in [0, 0.05) is 16.8 Å². The maximum Gasteiger partial charge on any atom is 0.338 e. The second-order valence-corrected chi connectivity index (χ2v) is 5.72. The van der Waals surface area contributed by atoms with Crippen molar-refractivity contribution in [2.24, 2.45) is 0 Å². The molecule has 7 heteroatoms. The number of nitrogens with one attached hydrogen (secondary N) is 1. The molecule has 0 bridgehead atoms. The fraction of sp³-hybridized carbons (Fsp3) is 0.176. The van der Waals surface area contributed by atoms with Crippen molar-refractivity contribution in [3.63, 3.8) is 0 Å². The molecular weight excluding hydrogens is 353 g/mol. The molecule has 5 nitrogen and oxygen atoms in total. The molecule has 2 rings (SSSR count). The van der Waals surface area contributed by atoms with Gasteiger partial charge in [0.25, 0.3) is 5.91 Å². The molecule has 0 radical (unpaired) electrons. The zero-order chi connectivity index (χ0) is 17.7. The highest BCUT2D eigenvalue weighted by Gasteiger charge is 2.14. The van der Waals surface area contributed by atoms with Crippen LogP contribution in [0, 0.1) is 6.92 Å². The summed E-state index contributed by atoms with van der Waals surface area (Å²) in [4.78, 5) is 23.7. The first kappa shape index (κ1) is 18.1. The van der Waals surface area contributed by atoms with E-state index in [4.69, 9.17) is 32.7 Å². The zero-order valence-electron chi connectivity index (χ0n) is 13.1. The Hall–Kier alpha value is -2.24. The molecule has 0 fully saturated rings. The molecule has 126 valence electrons. The van der Waals surface area contributed by atoms with Crippen molar-refractivity contribution in [3.8, 4) is 5.75 Å². The van der Waals surface area contributed by atoms with Gasteiger partial charge in [-0.25, -0.2) is 4.79 Å². The molecule has 0 aliphatic carbocycles. The quantitative estimate of drug-likeness (QED) is 0.807. The van der Waals surface area contributed by atoms with Gasteiger partial charge in [0.15, 0.2) is 6.61 Å². The molecule has 0 saturated heterocycles. The molecule has 0 aliphatic heterocycles. The summed E-state index contributed by atoms with van der Waals surface area (Å²) in [6, 6.07) is 9.70. The highest BCUT2D eigenvalue weighted by Crippen LogP contribution is 2.27. The Labute approximate surface area is 149 Å². The number of esters is 1. The van der Waals surface area contributed by atoms with E-state index >= 15 is 0 Å². The van der Waals surface area contributed by atoms with Crippen LogP contribution in [0.5, 0.6) is 5.75 Å². The predicted octanol–water partition coefficient (Wildman–Crippen LogP) is 4.11. The van der Waals surface area contributed by atoms with Crippen LogP contribution in [0.3, 0.4) is 0 Å². The highest BCUT2D eigenvalue weighted by atomic mass is 35.5. The number of carbonyl (C=O) groups is 2. The Balaban J connectivity index is 2.05. The van der Waals surface area contributed by atoms with Gasteiger partial charge in [-0.05, 0) is 36.8 Å². The third-order valence-corrected chi connectivity index (χ3v) is 3.81. The first-order valence-electron chi connectivity index (χ1n) is 6.98. The Kier molecular flexibility index (Phi) is 6.06. The van der Waals surface area contributed by atoms with E-state index in [0.717, 1.165) is 0 Å². The first-order chi connectivity index (χ1) is 11.4. The minimum atomic E-state index is -0.467. The second-order valence-electron chi connectivity index (χ2n) is 4.88. The lowest BCUT2D eigenvalue weighted by Crippen LogP contribution is -2.21. The molecule has 2 aromatic rings. The Bertz CT molecular complexity index is 777. The van der Waals surface area contributed by atoms with Gasteiger partial charge in [-0.1, -0.05) is 29.3 Å². The van der Waals surface area contributed by atoms with Crippen molar-refractivity contribution in [1.29, 1.82) is 0 Å². The summed E-state index contributed by atoms with van der Waals surface area (Å²) in [7, 11) is 1.30. The fourth-order valence-electron chi connectivity index (χ4n) is 2.02. The van der Waals surface area contributed by atoms with Gasteiger partial charge in [0.05, 0.1) is 17.7 Å². The number of benzene rings is 2. The largest absolute Gasteiger partial charge is 0.482 e. The van der Waals surface area contributed by atoms with Crippen LogP contribution in [0.2, 0.25) is 10.0 Å². The smallest absolute Gasteiger partial charge is 0.338 e. The molecule has 0 heterocycles. The molecular formula is C17H15Cl2NO4. The average molecular weight is 368 g/mol. The zero-order valence-corrected chi connectivity index (χ0v) is 14.6. The van der Waals surface area contributed by atoms with Crippen LogP contribution in [-0.4, -0.2) is 25.6 Å². The van der Waals surface area contributed by atoms with Crippen LogP contribution < -0.4 is 10.1 Å². The summed E-state index contributed by atoms with van der Waals surface area (Å²) in [6.45, 7) is 1.47.